The lowest BCUT2D eigenvalue weighted by atomic mass is 10.2. The van der Waals surface area contributed by atoms with Crippen molar-refractivity contribution in [3.05, 3.63) is 22.4 Å². The van der Waals surface area contributed by atoms with Crippen LogP contribution in [-0.2, 0) is 6.54 Å². The van der Waals surface area contributed by atoms with Gasteiger partial charge in [0.1, 0.15) is 0 Å². The first-order chi connectivity index (χ1) is 7.90. The first-order valence-electron chi connectivity index (χ1n) is 6.27. The Kier molecular flexibility index (Phi) is 4.82. The number of aliphatic hydroxyl groups excluding tert-OH is 1. The molecule has 0 amide bonds. The molecule has 0 bridgehead atoms. The van der Waals surface area contributed by atoms with Crippen LogP contribution in [0.2, 0.25) is 0 Å². The molecule has 0 atom stereocenters. The standard InChI is InChI=1S/C13H21NOS/c15-9-3-1-2-8-14(12-6-7-12)11-13-5-4-10-16-13/h4-5,10,12,15H,1-3,6-9,11H2. The lowest BCUT2D eigenvalue weighted by Gasteiger charge is -2.21. The molecule has 3 heteroatoms. The van der Waals surface area contributed by atoms with Crippen LogP contribution < -0.4 is 0 Å². The Morgan fingerprint density at radius 2 is 2.19 bits per heavy atom. The first kappa shape index (κ1) is 12.1. The summed E-state index contributed by atoms with van der Waals surface area (Å²) in [4.78, 5) is 4.09. The van der Waals surface area contributed by atoms with Gasteiger partial charge < -0.3 is 5.11 Å². The Balaban J connectivity index is 1.72. The third-order valence-electron chi connectivity index (χ3n) is 3.11. The van der Waals surface area contributed by atoms with Crippen LogP contribution in [0.1, 0.15) is 37.0 Å². The van der Waals surface area contributed by atoms with Gasteiger partial charge in [0.05, 0.1) is 0 Å². The Bertz CT molecular complexity index is 282. The molecule has 2 nitrogen and oxygen atoms in total. The highest BCUT2D eigenvalue weighted by molar-refractivity contribution is 7.09. The van der Waals surface area contributed by atoms with Crippen LogP contribution in [0, 0.1) is 0 Å². The summed E-state index contributed by atoms with van der Waals surface area (Å²) < 4.78 is 0. The van der Waals surface area contributed by atoms with Crippen LogP contribution in [0.25, 0.3) is 0 Å². The van der Waals surface area contributed by atoms with Crippen LogP contribution in [0.4, 0.5) is 0 Å². The summed E-state index contributed by atoms with van der Waals surface area (Å²) >= 11 is 1.86. The minimum atomic E-state index is 0.342. The van der Waals surface area contributed by atoms with Crippen LogP contribution >= 0.6 is 11.3 Å². The summed E-state index contributed by atoms with van der Waals surface area (Å²) in [5.74, 6) is 0. The number of hydrogen-bond donors (Lipinski definition) is 1. The molecule has 1 N–H and O–H groups in total. The van der Waals surface area contributed by atoms with Gasteiger partial charge in [0.15, 0.2) is 0 Å². The molecule has 1 aliphatic carbocycles. The monoisotopic (exact) mass is 239 g/mol. The molecule has 1 fully saturated rings. The largest absolute Gasteiger partial charge is 0.396 e. The lowest BCUT2D eigenvalue weighted by molar-refractivity contribution is 0.240. The van der Waals surface area contributed by atoms with Crippen molar-refractivity contribution in [2.75, 3.05) is 13.2 Å². The van der Waals surface area contributed by atoms with Gasteiger partial charge in [-0.15, -0.1) is 11.3 Å². The molecular weight excluding hydrogens is 218 g/mol. The topological polar surface area (TPSA) is 23.5 Å². The maximum absolute atomic E-state index is 8.75. The molecule has 0 radical (unpaired) electrons. The molecule has 0 aromatic carbocycles. The van der Waals surface area contributed by atoms with Crippen molar-refractivity contribution in [2.45, 2.75) is 44.7 Å². The normalized spacial score (nSPS) is 15.9. The van der Waals surface area contributed by atoms with Gasteiger partial charge in [-0.05, 0) is 50.1 Å². The molecule has 2 rings (SSSR count). The second-order valence-electron chi connectivity index (χ2n) is 4.57. The van der Waals surface area contributed by atoms with E-state index in [4.69, 9.17) is 5.11 Å². The van der Waals surface area contributed by atoms with Crippen molar-refractivity contribution in [2.24, 2.45) is 0 Å². The minimum Gasteiger partial charge on any atom is -0.396 e. The predicted octanol–water partition coefficient (Wildman–Crippen LogP) is 2.88. The maximum Gasteiger partial charge on any atom is 0.0431 e. The second-order valence-corrected chi connectivity index (χ2v) is 5.60. The highest BCUT2D eigenvalue weighted by Crippen LogP contribution is 2.29. The smallest absolute Gasteiger partial charge is 0.0431 e. The Hall–Kier alpha value is -0.380. The summed E-state index contributed by atoms with van der Waals surface area (Å²) in [5.41, 5.74) is 0. The zero-order valence-electron chi connectivity index (χ0n) is 9.77. The Morgan fingerprint density at radius 3 is 2.81 bits per heavy atom. The van der Waals surface area contributed by atoms with Crippen molar-refractivity contribution < 1.29 is 5.11 Å². The van der Waals surface area contributed by atoms with E-state index in [0.29, 0.717) is 6.61 Å². The molecule has 1 aliphatic rings. The van der Waals surface area contributed by atoms with Gasteiger partial charge in [0.2, 0.25) is 0 Å². The summed E-state index contributed by atoms with van der Waals surface area (Å²) in [6.45, 7) is 2.67. The van der Waals surface area contributed by atoms with E-state index in [1.54, 1.807) is 0 Å². The van der Waals surface area contributed by atoms with E-state index in [2.05, 4.69) is 22.4 Å². The number of hydrogen-bond acceptors (Lipinski definition) is 3. The van der Waals surface area contributed by atoms with Crippen LogP contribution in [0.15, 0.2) is 17.5 Å². The van der Waals surface area contributed by atoms with Crippen LogP contribution in [-0.4, -0.2) is 29.2 Å². The van der Waals surface area contributed by atoms with Gasteiger partial charge >= 0.3 is 0 Å². The molecule has 90 valence electrons. The van der Waals surface area contributed by atoms with E-state index in [-0.39, 0.29) is 0 Å². The van der Waals surface area contributed by atoms with E-state index >= 15 is 0 Å². The van der Waals surface area contributed by atoms with Crippen molar-refractivity contribution in [1.29, 1.82) is 0 Å². The Labute approximate surface area is 102 Å². The minimum absolute atomic E-state index is 0.342. The number of nitrogens with zero attached hydrogens (tertiary/aromatic N) is 1. The summed E-state index contributed by atoms with van der Waals surface area (Å²) in [6.07, 6.45) is 6.10. The molecule has 0 aliphatic heterocycles. The number of rotatable bonds is 8. The van der Waals surface area contributed by atoms with Crippen molar-refractivity contribution in [3.63, 3.8) is 0 Å². The average molecular weight is 239 g/mol. The third-order valence-corrected chi connectivity index (χ3v) is 3.97. The SMILES string of the molecule is OCCCCCN(Cc1cccs1)C1CC1. The van der Waals surface area contributed by atoms with E-state index < -0.39 is 0 Å². The van der Waals surface area contributed by atoms with Gasteiger partial charge in [0.25, 0.3) is 0 Å². The lowest BCUT2D eigenvalue weighted by Crippen LogP contribution is -2.26. The molecule has 0 spiro atoms. The number of aliphatic hydroxyl groups is 1. The van der Waals surface area contributed by atoms with Gasteiger partial charge in [-0.25, -0.2) is 0 Å². The van der Waals surface area contributed by atoms with Crippen molar-refractivity contribution in [1.82, 2.24) is 4.90 Å². The highest BCUT2D eigenvalue weighted by Gasteiger charge is 2.28. The third kappa shape index (κ3) is 3.89. The fraction of sp³-hybridized carbons (Fsp3) is 0.692. The molecule has 1 heterocycles. The fourth-order valence-electron chi connectivity index (χ4n) is 2.04. The zero-order valence-corrected chi connectivity index (χ0v) is 10.6. The maximum atomic E-state index is 8.75. The number of unbranched alkanes of at least 4 members (excludes halogenated alkanes) is 2. The highest BCUT2D eigenvalue weighted by atomic mass is 32.1. The molecular formula is C13H21NOS. The molecule has 0 saturated heterocycles. The summed E-state index contributed by atoms with van der Waals surface area (Å²) in [6, 6.07) is 5.21. The molecule has 0 unspecified atom stereocenters. The van der Waals surface area contributed by atoms with Gasteiger partial charge in [0, 0.05) is 24.1 Å². The van der Waals surface area contributed by atoms with E-state index in [0.717, 1.165) is 25.4 Å². The average Bonchev–Trinajstić information content (AvgIpc) is 3.02. The first-order valence-corrected chi connectivity index (χ1v) is 7.15. The molecule has 16 heavy (non-hydrogen) atoms. The molecule has 1 aromatic heterocycles. The van der Waals surface area contributed by atoms with Gasteiger partial charge in [-0.3, -0.25) is 4.90 Å². The van der Waals surface area contributed by atoms with E-state index in [9.17, 15) is 0 Å². The predicted molar refractivity (Wildman–Crippen MR) is 68.7 cm³/mol. The fourth-order valence-corrected chi connectivity index (χ4v) is 2.77. The van der Waals surface area contributed by atoms with E-state index in [1.165, 1.54) is 30.7 Å². The summed E-state index contributed by atoms with van der Waals surface area (Å²) in [7, 11) is 0. The van der Waals surface area contributed by atoms with Crippen molar-refractivity contribution in [3.8, 4) is 0 Å². The van der Waals surface area contributed by atoms with Gasteiger partial charge in [-0.2, -0.15) is 0 Å². The van der Waals surface area contributed by atoms with Crippen molar-refractivity contribution >= 4 is 11.3 Å². The molecule has 1 saturated carbocycles. The van der Waals surface area contributed by atoms with Gasteiger partial charge in [-0.1, -0.05) is 6.07 Å². The molecule has 1 aromatic rings. The quantitative estimate of drug-likeness (QED) is 0.705. The van der Waals surface area contributed by atoms with Crippen LogP contribution in [0.3, 0.4) is 0 Å². The van der Waals surface area contributed by atoms with Crippen LogP contribution in [0.5, 0.6) is 0 Å². The second kappa shape index (κ2) is 6.38. The Morgan fingerprint density at radius 1 is 1.31 bits per heavy atom. The van der Waals surface area contributed by atoms with E-state index in [1.807, 2.05) is 11.3 Å². The summed E-state index contributed by atoms with van der Waals surface area (Å²) in [5, 5.41) is 10.9. The number of thiophene rings is 1. The zero-order chi connectivity index (χ0) is 11.2.